The molecular formula is C8H14N2. The average Bonchev–Trinajstić information content (AvgIpc) is 2.08. The van der Waals surface area contributed by atoms with Gasteiger partial charge in [-0.2, -0.15) is 0 Å². The van der Waals surface area contributed by atoms with Gasteiger partial charge in [0.25, 0.3) is 0 Å². The molecule has 1 aromatic rings. The summed E-state index contributed by atoms with van der Waals surface area (Å²) in [6.07, 6.45) is 7.51. The van der Waals surface area contributed by atoms with Gasteiger partial charge in [0.15, 0.2) is 0 Å². The van der Waals surface area contributed by atoms with Crippen LogP contribution in [0.4, 0.5) is 0 Å². The van der Waals surface area contributed by atoms with Gasteiger partial charge in [-0.1, -0.05) is 26.7 Å². The number of hydrogen-bond donors (Lipinski definition) is 0. The third-order valence-electron chi connectivity index (χ3n) is 0.978. The number of nitrogens with zero attached hydrogens (tertiary/aromatic N) is 2. The molecule has 2 nitrogen and oxygen atoms in total. The molecule has 0 saturated heterocycles. The second kappa shape index (κ2) is 8.08. The Balaban J connectivity index is 0.000000180. The topological polar surface area (TPSA) is 25.8 Å². The van der Waals surface area contributed by atoms with Crippen LogP contribution in [0.5, 0.6) is 0 Å². The van der Waals surface area contributed by atoms with Gasteiger partial charge in [0.05, 0.1) is 0 Å². The summed E-state index contributed by atoms with van der Waals surface area (Å²) in [4.78, 5) is 7.35. The van der Waals surface area contributed by atoms with Crippen LogP contribution in [0.3, 0.4) is 0 Å². The molecule has 0 aliphatic heterocycles. The minimum absolute atomic E-state index is 1.32. The molecule has 0 aliphatic carbocycles. The van der Waals surface area contributed by atoms with Crippen molar-refractivity contribution in [3.63, 3.8) is 0 Å². The maximum atomic E-state index is 3.67. The summed E-state index contributed by atoms with van der Waals surface area (Å²) >= 11 is 0. The molecule has 10 heavy (non-hydrogen) atoms. The zero-order valence-corrected chi connectivity index (χ0v) is 6.62. The van der Waals surface area contributed by atoms with Gasteiger partial charge < -0.3 is 0 Å². The summed E-state index contributed by atoms with van der Waals surface area (Å²) in [5.74, 6) is 0. The molecule has 0 saturated carbocycles. The van der Waals surface area contributed by atoms with Crippen LogP contribution in [-0.4, -0.2) is 9.97 Å². The van der Waals surface area contributed by atoms with E-state index in [4.69, 9.17) is 0 Å². The first-order valence-electron chi connectivity index (χ1n) is 3.61. The van der Waals surface area contributed by atoms with E-state index in [9.17, 15) is 0 Å². The third-order valence-corrected chi connectivity index (χ3v) is 0.978. The maximum Gasteiger partial charge on any atom is 0.115 e. The van der Waals surface area contributed by atoms with Crippen LogP contribution in [0.2, 0.25) is 0 Å². The molecule has 1 heterocycles. The summed E-state index contributed by atoms with van der Waals surface area (Å²) in [7, 11) is 0. The average molecular weight is 138 g/mol. The zero-order chi connectivity index (χ0) is 7.66. The smallest absolute Gasteiger partial charge is 0.115 e. The fourth-order valence-corrected chi connectivity index (χ4v) is 0.253. The Morgan fingerprint density at radius 1 is 1.00 bits per heavy atom. The molecule has 0 aliphatic rings. The maximum absolute atomic E-state index is 3.67. The highest BCUT2D eigenvalue weighted by atomic mass is 14.8. The largest absolute Gasteiger partial charge is 0.245 e. The van der Waals surface area contributed by atoms with Crippen LogP contribution in [0, 0.1) is 0 Å². The number of rotatable bonds is 1. The van der Waals surface area contributed by atoms with Crippen molar-refractivity contribution < 1.29 is 0 Å². The van der Waals surface area contributed by atoms with Crippen molar-refractivity contribution in [1.82, 2.24) is 9.97 Å². The molecule has 1 aromatic heterocycles. The second-order valence-corrected chi connectivity index (χ2v) is 1.90. The first-order valence-corrected chi connectivity index (χ1v) is 3.61. The summed E-state index contributed by atoms with van der Waals surface area (Å²) in [5, 5.41) is 0. The van der Waals surface area contributed by atoms with Gasteiger partial charge >= 0.3 is 0 Å². The van der Waals surface area contributed by atoms with E-state index in [0.717, 1.165) is 0 Å². The first-order chi connectivity index (χ1) is 4.91. The minimum atomic E-state index is 1.32. The predicted octanol–water partition coefficient (Wildman–Crippen LogP) is 2.28. The van der Waals surface area contributed by atoms with E-state index in [-0.39, 0.29) is 0 Å². The van der Waals surface area contributed by atoms with E-state index in [2.05, 4.69) is 23.8 Å². The highest BCUT2D eigenvalue weighted by Crippen LogP contribution is 1.76. The van der Waals surface area contributed by atoms with Gasteiger partial charge in [-0.05, 0) is 6.07 Å². The summed E-state index contributed by atoms with van der Waals surface area (Å²) < 4.78 is 0. The van der Waals surface area contributed by atoms with Crippen LogP contribution in [-0.2, 0) is 0 Å². The van der Waals surface area contributed by atoms with E-state index in [1.165, 1.54) is 19.2 Å². The molecule has 0 aromatic carbocycles. The molecular weight excluding hydrogens is 124 g/mol. The number of hydrogen-bond acceptors (Lipinski definition) is 2. The van der Waals surface area contributed by atoms with Crippen molar-refractivity contribution >= 4 is 0 Å². The fourth-order valence-electron chi connectivity index (χ4n) is 0.253. The SMILES string of the molecule is CCCC.c1cncnc1. The van der Waals surface area contributed by atoms with Gasteiger partial charge in [-0.3, -0.25) is 0 Å². The number of unbranched alkanes of at least 4 members (excludes halogenated alkanes) is 1. The van der Waals surface area contributed by atoms with E-state index < -0.39 is 0 Å². The van der Waals surface area contributed by atoms with Crippen molar-refractivity contribution in [2.45, 2.75) is 26.7 Å². The Hall–Kier alpha value is -0.920. The Bertz CT molecular complexity index is 99.2. The van der Waals surface area contributed by atoms with Crippen LogP contribution >= 0.6 is 0 Å². The number of aromatic nitrogens is 2. The monoisotopic (exact) mass is 138 g/mol. The quantitative estimate of drug-likeness (QED) is 0.595. The fraction of sp³-hybridized carbons (Fsp3) is 0.500. The van der Waals surface area contributed by atoms with E-state index in [1.54, 1.807) is 18.5 Å². The Labute approximate surface area is 62.3 Å². The second-order valence-electron chi connectivity index (χ2n) is 1.90. The van der Waals surface area contributed by atoms with Gasteiger partial charge in [0.2, 0.25) is 0 Å². The van der Waals surface area contributed by atoms with Crippen molar-refractivity contribution in [3.05, 3.63) is 24.8 Å². The Kier molecular flexibility index (Phi) is 7.34. The van der Waals surface area contributed by atoms with Gasteiger partial charge in [-0.25, -0.2) is 9.97 Å². The predicted molar refractivity (Wildman–Crippen MR) is 42.6 cm³/mol. The highest BCUT2D eigenvalue weighted by Gasteiger charge is 1.59. The first kappa shape index (κ1) is 9.08. The van der Waals surface area contributed by atoms with Crippen LogP contribution in [0.25, 0.3) is 0 Å². The standard InChI is InChI=1S/C4H4N2.C4H10/c1-2-5-4-6-3-1;1-3-4-2/h1-4H;3-4H2,1-2H3. The zero-order valence-electron chi connectivity index (χ0n) is 6.62. The van der Waals surface area contributed by atoms with Crippen molar-refractivity contribution in [3.8, 4) is 0 Å². The molecule has 0 fully saturated rings. The van der Waals surface area contributed by atoms with Crippen LogP contribution in [0.15, 0.2) is 24.8 Å². The molecule has 0 unspecified atom stereocenters. The molecule has 0 N–H and O–H groups in total. The van der Waals surface area contributed by atoms with Crippen LogP contribution < -0.4 is 0 Å². The lowest BCUT2D eigenvalue weighted by Gasteiger charge is -1.70. The van der Waals surface area contributed by atoms with Crippen LogP contribution in [0.1, 0.15) is 26.7 Å². The normalized spacial score (nSPS) is 7.80. The lowest BCUT2D eigenvalue weighted by molar-refractivity contribution is 0.886. The summed E-state index contributed by atoms with van der Waals surface area (Å²) in [6.45, 7) is 4.36. The summed E-state index contributed by atoms with van der Waals surface area (Å²) in [6, 6.07) is 1.78. The third kappa shape index (κ3) is 7.08. The van der Waals surface area contributed by atoms with E-state index >= 15 is 0 Å². The highest BCUT2D eigenvalue weighted by molar-refractivity contribution is 4.74. The molecule has 0 radical (unpaired) electrons. The molecule has 2 heteroatoms. The molecule has 0 atom stereocenters. The molecule has 56 valence electrons. The van der Waals surface area contributed by atoms with Crippen molar-refractivity contribution in [2.24, 2.45) is 0 Å². The molecule has 0 bridgehead atoms. The van der Waals surface area contributed by atoms with Gasteiger partial charge in [-0.15, -0.1) is 0 Å². The van der Waals surface area contributed by atoms with E-state index in [0.29, 0.717) is 0 Å². The lowest BCUT2D eigenvalue weighted by atomic mass is 10.4. The van der Waals surface area contributed by atoms with Crippen molar-refractivity contribution in [2.75, 3.05) is 0 Å². The summed E-state index contributed by atoms with van der Waals surface area (Å²) in [5.41, 5.74) is 0. The Morgan fingerprint density at radius 2 is 1.50 bits per heavy atom. The molecule has 0 spiro atoms. The lowest BCUT2D eigenvalue weighted by Crippen LogP contribution is -1.66. The molecule has 1 rings (SSSR count). The van der Waals surface area contributed by atoms with Gasteiger partial charge in [0, 0.05) is 12.4 Å². The Morgan fingerprint density at radius 3 is 1.60 bits per heavy atom. The molecule has 0 amide bonds. The van der Waals surface area contributed by atoms with Crippen molar-refractivity contribution in [1.29, 1.82) is 0 Å². The van der Waals surface area contributed by atoms with E-state index in [1.807, 2.05) is 0 Å². The minimum Gasteiger partial charge on any atom is -0.245 e. The van der Waals surface area contributed by atoms with Gasteiger partial charge in [0.1, 0.15) is 6.33 Å².